The summed E-state index contributed by atoms with van der Waals surface area (Å²) in [5.74, 6) is -1.02. The highest BCUT2D eigenvalue weighted by Gasteiger charge is 2.30. The number of amides is 1. The number of halogens is 3. The highest BCUT2D eigenvalue weighted by molar-refractivity contribution is 7.18. The molecule has 0 spiro atoms. The first-order chi connectivity index (χ1) is 17.1. The first-order valence-corrected chi connectivity index (χ1v) is 12.0. The smallest absolute Gasteiger partial charge is 0.287 e. The zero-order valence-electron chi connectivity index (χ0n) is 18.2. The van der Waals surface area contributed by atoms with Crippen LogP contribution in [0.5, 0.6) is 0 Å². The van der Waals surface area contributed by atoms with Gasteiger partial charge in [0, 0.05) is 27.6 Å². The van der Waals surface area contributed by atoms with Gasteiger partial charge in [0.1, 0.15) is 11.2 Å². The molecule has 0 unspecified atom stereocenters. The average molecular weight is 530 g/mol. The van der Waals surface area contributed by atoms with Crippen molar-refractivity contribution in [2.45, 2.75) is 13.1 Å². The van der Waals surface area contributed by atoms with Crippen molar-refractivity contribution >= 4 is 38.8 Å². The zero-order valence-corrected chi connectivity index (χ0v) is 19.9. The van der Waals surface area contributed by atoms with Gasteiger partial charge in [-0.1, -0.05) is 12.1 Å². The predicted molar refractivity (Wildman–Crippen MR) is 130 cm³/mol. The minimum Gasteiger partial charge on any atom is -0.287 e. The molecular weight excluding hydrogens is 515 g/mol. The van der Waals surface area contributed by atoms with Crippen molar-refractivity contribution in [2.75, 3.05) is 5.43 Å². The van der Waals surface area contributed by atoms with Crippen LogP contribution in [-0.2, 0) is 6.18 Å². The predicted octanol–water partition coefficient (Wildman–Crippen LogP) is 4.44. The molecule has 0 radical (unpaired) electrons. The minimum absolute atomic E-state index is 0.00971. The third-order valence-corrected chi connectivity index (χ3v) is 7.03. The van der Waals surface area contributed by atoms with Gasteiger partial charge in [0.2, 0.25) is 5.43 Å². The van der Waals surface area contributed by atoms with Crippen molar-refractivity contribution in [1.29, 1.82) is 0 Å². The van der Waals surface area contributed by atoms with E-state index in [1.54, 1.807) is 5.38 Å². The lowest BCUT2D eigenvalue weighted by Gasteiger charge is -2.14. The normalized spacial score (nSPS) is 11.7. The second-order valence-corrected chi connectivity index (χ2v) is 9.43. The van der Waals surface area contributed by atoms with Crippen molar-refractivity contribution in [3.63, 3.8) is 0 Å². The largest absolute Gasteiger partial charge is 0.416 e. The van der Waals surface area contributed by atoms with Gasteiger partial charge in [-0.15, -0.1) is 22.7 Å². The first kappa shape index (κ1) is 23.6. The van der Waals surface area contributed by atoms with Crippen LogP contribution in [0.3, 0.4) is 0 Å². The number of carbonyl (C=O) groups excluding carboxylic acids is 1. The molecular formula is C23H14F3N5O3S2. The van der Waals surface area contributed by atoms with E-state index in [1.807, 2.05) is 17.5 Å². The molecule has 0 atom stereocenters. The number of fused-ring (bicyclic) bond motifs is 1. The Morgan fingerprint density at radius 1 is 1.08 bits per heavy atom. The Labute approximate surface area is 207 Å². The molecule has 4 heterocycles. The van der Waals surface area contributed by atoms with Crippen LogP contribution in [0.2, 0.25) is 0 Å². The summed E-state index contributed by atoms with van der Waals surface area (Å²) in [6.07, 6.45) is -3.46. The summed E-state index contributed by atoms with van der Waals surface area (Å²) in [5.41, 5.74) is 0.388. The molecule has 0 saturated carbocycles. The van der Waals surface area contributed by atoms with E-state index in [2.05, 4.69) is 15.5 Å². The van der Waals surface area contributed by atoms with Crippen LogP contribution in [0.15, 0.2) is 69.1 Å². The van der Waals surface area contributed by atoms with Gasteiger partial charge in [-0.2, -0.15) is 18.3 Å². The van der Waals surface area contributed by atoms with E-state index in [0.29, 0.717) is 15.8 Å². The summed E-state index contributed by atoms with van der Waals surface area (Å²) in [6.45, 7) is 1.47. The fraction of sp³-hybridized carbons (Fsp3) is 0.0870. The topological polar surface area (TPSA) is 98.9 Å². The van der Waals surface area contributed by atoms with Crippen LogP contribution in [0, 0.1) is 6.92 Å². The Morgan fingerprint density at radius 2 is 1.89 bits per heavy atom. The summed E-state index contributed by atoms with van der Waals surface area (Å²) in [7, 11) is 0. The van der Waals surface area contributed by atoms with E-state index in [9.17, 15) is 27.6 Å². The Balaban J connectivity index is 1.53. The number of nitrogens with zero attached hydrogens (tertiary/aromatic N) is 4. The van der Waals surface area contributed by atoms with E-state index in [1.165, 1.54) is 41.7 Å². The van der Waals surface area contributed by atoms with E-state index < -0.39 is 34.3 Å². The molecule has 4 aromatic heterocycles. The maximum atomic E-state index is 13.2. The van der Waals surface area contributed by atoms with E-state index in [0.717, 1.165) is 38.8 Å². The molecule has 5 rings (SSSR count). The summed E-state index contributed by atoms with van der Waals surface area (Å²) in [4.78, 5) is 44.2. The average Bonchev–Trinajstić information content (AvgIpc) is 3.50. The lowest BCUT2D eigenvalue weighted by molar-refractivity contribution is -0.137. The Morgan fingerprint density at radius 3 is 2.61 bits per heavy atom. The molecule has 1 aromatic carbocycles. The lowest BCUT2D eigenvalue weighted by Crippen LogP contribution is -2.36. The third kappa shape index (κ3) is 4.22. The van der Waals surface area contributed by atoms with Crippen LogP contribution >= 0.6 is 22.7 Å². The number of alkyl halides is 3. The summed E-state index contributed by atoms with van der Waals surface area (Å²) < 4.78 is 41.4. The fourth-order valence-corrected chi connectivity index (χ4v) is 5.29. The Kier molecular flexibility index (Phi) is 5.80. The molecule has 8 nitrogen and oxygen atoms in total. The first-order valence-electron chi connectivity index (χ1n) is 10.3. The Bertz CT molecular complexity index is 1740. The molecule has 0 aliphatic carbocycles. The molecule has 182 valence electrons. The number of thiophene rings is 2. The number of nitrogens with one attached hydrogen (secondary N) is 1. The van der Waals surface area contributed by atoms with Gasteiger partial charge in [-0.05, 0) is 36.6 Å². The second kappa shape index (κ2) is 8.84. The van der Waals surface area contributed by atoms with E-state index in [4.69, 9.17) is 0 Å². The molecule has 36 heavy (non-hydrogen) atoms. The minimum atomic E-state index is -4.58. The maximum absolute atomic E-state index is 13.2. The monoisotopic (exact) mass is 529 g/mol. The quantitative estimate of drug-likeness (QED) is 0.371. The number of carbonyl (C=O) groups is 1. The highest BCUT2D eigenvalue weighted by Crippen LogP contribution is 2.33. The lowest BCUT2D eigenvalue weighted by atomic mass is 10.2. The molecule has 0 saturated heterocycles. The molecule has 0 aliphatic heterocycles. The highest BCUT2D eigenvalue weighted by atomic mass is 32.1. The number of aryl methyl sites for hydroxylation is 1. The summed E-state index contributed by atoms with van der Waals surface area (Å²) in [5, 5.41) is 7.97. The molecule has 0 fully saturated rings. The number of hydrogen-bond acceptors (Lipinski definition) is 7. The fourth-order valence-electron chi connectivity index (χ4n) is 3.57. The van der Waals surface area contributed by atoms with Crippen molar-refractivity contribution in [2.24, 2.45) is 0 Å². The molecule has 0 aliphatic rings. The van der Waals surface area contributed by atoms with Gasteiger partial charge in [0.05, 0.1) is 16.6 Å². The van der Waals surface area contributed by atoms with Gasteiger partial charge in [-0.3, -0.25) is 19.8 Å². The summed E-state index contributed by atoms with van der Waals surface area (Å²) >= 11 is 2.73. The maximum Gasteiger partial charge on any atom is 0.416 e. The van der Waals surface area contributed by atoms with Crippen LogP contribution < -0.4 is 16.4 Å². The zero-order chi connectivity index (χ0) is 25.6. The van der Waals surface area contributed by atoms with Crippen LogP contribution in [0.25, 0.3) is 26.3 Å². The number of benzene rings is 1. The number of aromatic nitrogens is 4. The van der Waals surface area contributed by atoms with Gasteiger partial charge < -0.3 is 0 Å². The SMILES string of the molecule is Cc1cc(=O)c(C(=O)Nn2cnc3scc(-c4cccs4)c3c2=O)nn1-c1cccc(C(F)(F)F)c1. The number of rotatable bonds is 4. The van der Waals surface area contributed by atoms with Gasteiger partial charge in [0.25, 0.3) is 11.5 Å². The molecule has 1 N–H and O–H groups in total. The molecule has 13 heteroatoms. The standard InChI is InChI=1S/C23H14F3N5O3S2/c1-12-8-16(32)19(28-31(12)14-5-2-4-13(9-14)23(24,25)26)20(33)29-30-11-27-21-18(22(30)34)15(10-36-21)17-6-3-7-35-17/h2-11H,1H3,(H,29,33). The molecule has 0 bridgehead atoms. The van der Waals surface area contributed by atoms with Crippen LogP contribution in [0.1, 0.15) is 21.7 Å². The molecule has 5 aromatic rings. The number of hydrogen-bond donors (Lipinski definition) is 1. The van der Waals surface area contributed by atoms with Crippen molar-refractivity contribution in [1.82, 2.24) is 19.4 Å². The van der Waals surface area contributed by atoms with Crippen LogP contribution in [0.4, 0.5) is 13.2 Å². The van der Waals surface area contributed by atoms with E-state index in [-0.39, 0.29) is 11.4 Å². The van der Waals surface area contributed by atoms with Crippen molar-refractivity contribution in [3.8, 4) is 16.1 Å². The third-order valence-electron chi connectivity index (χ3n) is 5.24. The van der Waals surface area contributed by atoms with Gasteiger partial charge in [-0.25, -0.2) is 14.3 Å². The van der Waals surface area contributed by atoms with E-state index >= 15 is 0 Å². The van der Waals surface area contributed by atoms with Crippen molar-refractivity contribution < 1.29 is 18.0 Å². The second-order valence-electron chi connectivity index (χ2n) is 7.63. The Hall–Kier alpha value is -4.10. The van der Waals surface area contributed by atoms with Gasteiger partial charge >= 0.3 is 6.18 Å². The van der Waals surface area contributed by atoms with Gasteiger partial charge in [0.15, 0.2) is 5.69 Å². The van der Waals surface area contributed by atoms with Crippen molar-refractivity contribution in [3.05, 3.63) is 97.1 Å². The summed E-state index contributed by atoms with van der Waals surface area (Å²) in [6, 6.07) is 9.11. The molecule has 1 amide bonds. The van der Waals surface area contributed by atoms with Crippen LogP contribution in [-0.4, -0.2) is 25.3 Å².